The Bertz CT molecular complexity index is 864. The number of hydrogen-bond donors (Lipinski definition) is 1. The van der Waals surface area contributed by atoms with E-state index in [2.05, 4.69) is 4.98 Å². The van der Waals surface area contributed by atoms with Crippen LogP contribution in [0.2, 0.25) is 0 Å². The lowest BCUT2D eigenvalue weighted by atomic mass is 9.84. The van der Waals surface area contributed by atoms with Gasteiger partial charge in [-0.2, -0.15) is 8.42 Å². The molecule has 0 aliphatic heterocycles. The lowest BCUT2D eigenvalue weighted by molar-refractivity contribution is 0.0999. The summed E-state index contributed by atoms with van der Waals surface area (Å²) in [6, 6.07) is 9.18. The molecule has 0 saturated carbocycles. The second kappa shape index (κ2) is 6.60. The summed E-state index contributed by atoms with van der Waals surface area (Å²) in [6.45, 7) is 0. The van der Waals surface area contributed by atoms with Crippen molar-refractivity contribution < 1.29 is 17.4 Å². The van der Waals surface area contributed by atoms with E-state index in [0.717, 1.165) is 24.8 Å². The average molecular weight is 346 g/mol. The van der Waals surface area contributed by atoms with Crippen LogP contribution in [0.1, 0.15) is 40.2 Å². The first kappa shape index (κ1) is 16.4. The van der Waals surface area contributed by atoms with E-state index in [1.807, 2.05) is 24.3 Å². The van der Waals surface area contributed by atoms with Crippen molar-refractivity contribution in [1.29, 1.82) is 0 Å². The van der Waals surface area contributed by atoms with Gasteiger partial charge in [-0.05, 0) is 36.5 Å². The third-order valence-electron chi connectivity index (χ3n) is 4.12. The first-order valence-electron chi connectivity index (χ1n) is 7.69. The SMILES string of the molecule is NC(=O)c1cncc(OS(=O)(=O)CC2CCCc3ccccc32)c1. The minimum Gasteiger partial charge on any atom is -0.381 e. The number of hydrogen-bond acceptors (Lipinski definition) is 5. The van der Waals surface area contributed by atoms with E-state index in [1.54, 1.807) is 0 Å². The first-order chi connectivity index (χ1) is 11.4. The van der Waals surface area contributed by atoms with Crippen LogP contribution in [0.15, 0.2) is 42.7 Å². The highest BCUT2D eigenvalue weighted by molar-refractivity contribution is 7.87. The smallest absolute Gasteiger partial charge is 0.309 e. The fourth-order valence-electron chi connectivity index (χ4n) is 3.05. The van der Waals surface area contributed by atoms with E-state index in [4.69, 9.17) is 9.92 Å². The third kappa shape index (κ3) is 3.73. The van der Waals surface area contributed by atoms with Gasteiger partial charge >= 0.3 is 10.1 Å². The topological polar surface area (TPSA) is 99.3 Å². The van der Waals surface area contributed by atoms with Crippen LogP contribution in [0.25, 0.3) is 0 Å². The summed E-state index contributed by atoms with van der Waals surface area (Å²) >= 11 is 0. The van der Waals surface area contributed by atoms with E-state index in [9.17, 15) is 13.2 Å². The van der Waals surface area contributed by atoms with E-state index in [-0.39, 0.29) is 23.0 Å². The minimum atomic E-state index is -3.81. The van der Waals surface area contributed by atoms with Gasteiger partial charge in [0.05, 0.1) is 17.5 Å². The zero-order valence-electron chi connectivity index (χ0n) is 13.0. The number of fused-ring (bicyclic) bond motifs is 1. The Balaban J connectivity index is 1.78. The van der Waals surface area contributed by atoms with Crippen LogP contribution in [0, 0.1) is 0 Å². The Morgan fingerprint density at radius 2 is 2.08 bits per heavy atom. The van der Waals surface area contributed by atoms with Gasteiger partial charge in [0.1, 0.15) is 0 Å². The van der Waals surface area contributed by atoms with Crippen molar-refractivity contribution in [3.8, 4) is 5.75 Å². The van der Waals surface area contributed by atoms with Crippen LogP contribution in [0.4, 0.5) is 0 Å². The predicted molar refractivity (Wildman–Crippen MR) is 89.3 cm³/mol. The summed E-state index contributed by atoms with van der Waals surface area (Å²) in [6.07, 6.45) is 5.24. The number of pyridine rings is 1. The summed E-state index contributed by atoms with van der Waals surface area (Å²) in [5.74, 6) is -0.890. The molecule has 3 rings (SSSR count). The van der Waals surface area contributed by atoms with Gasteiger partial charge < -0.3 is 9.92 Å². The summed E-state index contributed by atoms with van der Waals surface area (Å²) in [5, 5.41) is 0. The molecule has 126 valence electrons. The number of nitrogens with zero attached hydrogens (tertiary/aromatic N) is 1. The van der Waals surface area contributed by atoms with E-state index < -0.39 is 16.0 Å². The number of rotatable bonds is 5. The highest BCUT2D eigenvalue weighted by atomic mass is 32.2. The molecule has 1 aromatic heterocycles. The maximum Gasteiger partial charge on any atom is 0.309 e. The van der Waals surface area contributed by atoms with Crippen molar-refractivity contribution in [2.24, 2.45) is 5.73 Å². The quantitative estimate of drug-likeness (QED) is 0.835. The average Bonchev–Trinajstić information content (AvgIpc) is 2.54. The lowest BCUT2D eigenvalue weighted by Crippen LogP contribution is -2.23. The number of benzene rings is 1. The van der Waals surface area contributed by atoms with Gasteiger partial charge in [-0.15, -0.1) is 0 Å². The standard InChI is InChI=1S/C17H18N2O4S/c18-17(20)14-8-15(10-19-9-14)23-24(21,22)11-13-6-3-5-12-4-1-2-7-16(12)13/h1-2,4,7-10,13H,3,5-6,11H2,(H2,18,20). The monoisotopic (exact) mass is 346 g/mol. The van der Waals surface area contributed by atoms with Crippen LogP contribution < -0.4 is 9.92 Å². The number of carbonyl (C=O) groups excluding carboxylic acids is 1. The minimum absolute atomic E-state index is 0.00426. The summed E-state index contributed by atoms with van der Waals surface area (Å²) < 4.78 is 29.9. The molecule has 1 aromatic carbocycles. The van der Waals surface area contributed by atoms with Crippen molar-refractivity contribution in [2.45, 2.75) is 25.2 Å². The molecule has 1 heterocycles. The van der Waals surface area contributed by atoms with Gasteiger partial charge in [0.15, 0.2) is 5.75 Å². The van der Waals surface area contributed by atoms with Gasteiger partial charge in [-0.3, -0.25) is 9.78 Å². The molecule has 2 aromatic rings. The molecule has 24 heavy (non-hydrogen) atoms. The van der Waals surface area contributed by atoms with Gasteiger partial charge in [0, 0.05) is 12.1 Å². The van der Waals surface area contributed by atoms with Crippen molar-refractivity contribution in [1.82, 2.24) is 4.98 Å². The molecule has 1 aliphatic carbocycles. The molecule has 0 radical (unpaired) electrons. The van der Waals surface area contributed by atoms with E-state index in [1.165, 1.54) is 24.0 Å². The molecule has 2 N–H and O–H groups in total. The third-order valence-corrected chi connectivity index (χ3v) is 5.38. The van der Waals surface area contributed by atoms with Crippen LogP contribution in [-0.2, 0) is 16.5 Å². The molecule has 7 heteroatoms. The summed E-state index contributed by atoms with van der Waals surface area (Å²) in [4.78, 5) is 14.9. The molecule has 6 nitrogen and oxygen atoms in total. The van der Waals surface area contributed by atoms with Gasteiger partial charge in [0.25, 0.3) is 0 Å². The normalized spacial score (nSPS) is 17.1. The number of aryl methyl sites for hydroxylation is 1. The highest BCUT2D eigenvalue weighted by Gasteiger charge is 2.26. The number of primary amides is 1. The molecular formula is C17H18N2O4S. The molecule has 0 spiro atoms. The Morgan fingerprint density at radius 1 is 1.29 bits per heavy atom. The predicted octanol–water partition coefficient (Wildman–Crippen LogP) is 2.01. The van der Waals surface area contributed by atoms with E-state index in [0.29, 0.717) is 0 Å². The molecule has 1 aliphatic rings. The number of aromatic nitrogens is 1. The summed E-state index contributed by atoms with van der Waals surface area (Å²) in [7, 11) is -3.81. The molecule has 1 unspecified atom stereocenters. The van der Waals surface area contributed by atoms with Crippen LogP contribution >= 0.6 is 0 Å². The van der Waals surface area contributed by atoms with Gasteiger partial charge in [-0.25, -0.2) is 0 Å². The van der Waals surface area contributed by atoms with Crippen molar-refractivity contribution in [2.75, 3.05) is 5.75 Å². The van der Waals surface area contributed by atoms with Crippen LogP contribution in [0.5, 0.6) is 5.75 Å². The van der Waals surface area contributed by atoms with Gasteiger partial charge in [0.2, 0.25) is 5.91 Å². The van der Waals surface area contributed by atoms with Gasteiger partial charge in [-0.1, -0.05) is 24.3 Å². The zero-order valence-corrected chi connectivity index (χ0v) is 13.8. The number of carbonyl (C=O) groups is 1. The zero-order chi connectivity index (χ0) is 17.2. The number of amides is 1. The number of nitrogens with two attached hydrogens (primary N) is 1. The fraction of sp³-hybridized carbons (Fsp3) is 0.294. The first-order valence-corrected chi connectivity index (χ1v) is 9.27. The lowest BCUT2D eigenvalue weighted by Gasteiger charge is -2.25. The van der Waals surface area contributed by atoms with Crippen molar-refractivity contribution in [3.05, 3.63) is 59.4 Å². The Morgan fingerprint density at radius 3 is 2.88 bits per heavy atom. The Labute approximate surface area is 140 Å². The largest absolute Gasteiger partial charge is 0.381 e. The fourth-order valence-corrected chi connectivity index (χ4v) is 4.35. The van der Waals surface area contributed by atoms with Crippen LogP contribution in [0.3, 0.4) is 0 Å². The van der Waals surface area contributed by atoms with E-state index >= 15 is 0 Å². The molecule has 1 amide bonds. The van der Waals surface area contributed by atoms with Crippen molar-refractivity contribution >= 4 is 16.0 Å². The maximum atomic E-state index is 12.4. The molecular weight excluding hydrogens is 328 g/mol. The summed E-state index contributed by atoms with van der Waals surface area (Å²) in [5.41, 5.74) is 7.53. The molecule has 1 atom stereocenters. The maximum absolute atomic E-state index is 12.4. The molecule has 0 bridgehead atoms. The molecule has 0 fully saturated rings. The molecule has 0 saturated heterocycles. The second-order valence-corrected chi connectivity index (χ2v) is 7.48. The van der Waals surface area contributed by atoms with Crippen LogP contribution in [-0.4, -0.2) is 25.1 Å². The highest BCUT2D eigenvalue weighted by Crippen LogP contribution is 2.32. The Kier molecular flexibility index (Phi) is 4.53. The second-order valence-electron chi connectivity index (χ2n) is 5.87. The van der Waals surface area contributed by atoms with Crippen molar-refractivity contribution in [3.63, 3.8) is 0 Å². The Hall–Kier alpha value is -2.41.